The molecule has 0 spiro atoms. The molecule has 1 aliphatic rings. The average molecular weight is 504 g/mol. The van der Waals surface area contributed by atoms with Crippen molar-refractivity contribution in [2.45, 2.75) is 38.8 Å². The lowest BCUT2D eigenvalue weighted by Gasteiger charge is -2.39. The largest absolute Gasteiger partial charge is 0.493 e. The second-order valence-corrected chi connectivity index (χ2v) is 10.1. The van der Waals surface area contributed by atoms with Gasteiger partial charge in [-0.1, -0.05) is 43.3 Å². The molecule has 0 amide bonds. The molecule has 1 atom stereocenters. The number of aryl methyl sites for hydroxylation is 1. The summed E-state index contributed by atoms with van der Waals surface area (Å²) < 4.78 is 22.9. The fourth-order valence-electron chi connectivity index (χ4n) is 5.30. The Morgan fingerprint density at radius 1 is 1.03 bits per heavy atom. The zero-order chi connectivity index (χ0) is 26.5. The Hall–Kier alpha value is -3.78. The van der Waals surface area contributed by atoms with Crippen molar-refractivity contribution in [1.82, 2.24) is 13.7 Å². The molecule has 1 aliphatic heterocycles. The summed E-state index contributed by atoms with van der Waals surface area (Å²) in [6, 6.07) is 15.6. The molecule has 0 radical (unpaired) electrons. The standard InChI is InChI=1S/C29H33N3O5/c1-7-15-36-20-14-13-19(16-21(20)35-6)26-25-24-22(27(33)31(5)28(34)30(24)4)23(18-11-9-8-10-12-18)32(25)29(2,3)17-37-26/h8-14,16,26H,7,15,17H2,1-6H3/t26-/m0/s1. The normalized spacial score (nSPS) is 16.5. The SMILES string of the molecule is CCCOc1ccc([C@@H]2OCC(C)(C)n3c(-c4ccccc4)c4c(=O)n(C)c(=O)n(C)c4c32)cc1OC. The molecule has 3 heterocycles. The van der Waals surface area contributed by atoms with Gasteiger partial charge in [0.1, 0.15) is 6.10 Å². The molecule has 0 N–H and O–H groups in total. The van der Waals surface area contributed by atoms with E-state index >= 15 is 0 Å². The predicted molar refractivity (Wildman–Crippen MR) is 144 cm³/mol. The fraction of sp³-hybridized carbons (Fsp3) is 0.379. The molecule has 0 fully saturated rings. The zero-order valence-electron chi connectivity index (χ0n) is 22.2. The minimum absolute atomic E-state index is 0.325. The van der Waals surface area contributed by atoms with Gasteiger partial charge in [0.2, 0.25) is 0 Å². The fourth-order valence-corrected chi connectivity index (χ4v) is 5.30. The third-order valence-corrected chi connectivity index (χ3v) is 7.06. The van der Waals surface area contributed by atoms with Gasteiger partial charge in [0.25, 0.3) is 5.56 Å². The van der Waals surface area contributed by atoms with E-state index in [0.717, 1.165) is 28.9 Å². The number of hydrogen-bond donors (Lipinski definition) is 0. The monoisotopic (exact) mass is 503 g/mol. The Kier molecular flexibility index (Phi) is 6.23. The quantitative estimate of drug-likeness (QED) is 0.391. The molecule has 0 saturated heterocycles. The highest BCUT2D eigenvalue weighted by molar-refractivity contribution is 5.96. The van der Waals surface area contributed by atoms with Crippen molar-refractivity contribution in [2.24, 2.45) is 14.1 Å². The van der Waals surface area contributed by atoms with Crippen LogP contribution >= 0.6 is 0 Å². The lowest BCUT2D eigenvalue weighted by Crippen LogP contribution is -2.40. The second kappa shape index (κ2) is 9.27. The topological polar surface area (TPSA) is 76.6 Å². The first-order chi connectivity index (χ1) is 17.7. The van der Waals surface area contributed by atoms with Crippen LogP contribution in [-0.4, -0.2) is 34.0 Å². The summed E-state index contributed by atoms with van der Waals surface area (Å²) in [4.78, 5) is 26.8. The second-order valence-electron chi connectivity index (χ2n) is 10.1. The first-order valence-corrected chi connectivity index (χ1v) is 12.5. The maximum absolute atomic E-state index is 13.7. The van der Waals surface area contributed by atoms with Gasteiger partial charge in [-0.25, -0.2) is 4.79 Å². The van der Waals surface area contributed by atoms with E-state index in [1.54, 1.807) is 18.7 Å². The molecule has 0 saturated carbocycles. The van der Waals surface area contributed by atoms with Crippen molar-refractivity contribution in [3.8, 4) is 22.8 Å². The highest BCUT2D eigenvalue weighted by Crippen LogP contribution is 2.46. The number of rotatable bonds is 6. The van der Waals surface area contributed by atoms with Gasteiger partial charge in [0.15, 0.2) is 11.5 Å². The van der Waals surface area contributed by atoms with Crippen molar-refractivity contribution in [3.05, 3.63) is 80.6 Å². The van der Waals surface area contributed by atoms with Gasteiger partial charge in [0.05, 0.1) is 48.2 Å². The summed E-state index contributed by atoms with van der Waals surface area (Å²) in [5.41, 5.74) is 2.71. The lowest BCUT2D eigenvalue weighted by molar-refractivity contribution is -0.00716. The molecule has 37 heavy (non-hydrogen) atoms. The molecule has 5 rings (SSSR count). The van der Waals surface area contributed by atoms with Gasteiger partial charge in [-0.3, -0.25) is 13.9 Å². The number of ether oxygens (including phenoxy) is 3. The van der Waals surface area contributed by atoms with Crippen LogP contribution in [-0.2, 0) is 24.4 Å². The van der Waals surface area contributed by atoms with E-state index < -0.39 is 11.6 Å². The number of nitrogens with zero attached hydrogens (tertiary/aromatic N) is 3. The van der Waals surface area contributed by atoms with Crippen LogP contribution in [0.3, 0.4) is 0 Å². The first-order valence-electron chi connectivity index (χ1n) is 12.5. The van der Waals surface area contributed by atoms with Crippen LogP contribution < -0.4 is 20.7 Å². The summed E-state index contributed by atoms with van der Waals surface area (Å²) in [5.74, 6) is 1.27. The van der Waals surface area contributed by atoms with Crippen molar-refractivity contribution in [3.63, 3.8) is 0 Å². The molecule has 0 aliphatic carbocycles. The maximum Gasteiger partial charge on any atom is 0.331 e. The molecule has 4 aromatic rings. The van der Waals surface area contributed by atoms with Crippen LogP contribution in [0.5, 0.6) is 11.5 Å². The van der Waals surface area contributed by atoms with Gasteiger partial charge in [-0.2, -0.15) is 0 Å². The summed E-state index contributed by atoms with van der Waals surface area (Å²) in [6.45, 7) is 7.22. The van der Waals surface area contributed by atoms with E-state index in [9.17, 15) is 9.59 Å². The summed E-state index contributed by atoms with van der Waals surface area (Å²) in [7, 11) is 4.84. The summed E-state index contributed by atoms with van der Waals surface area (Å²) in [5, 5.41) is 0.504. The van der Waals surface area contributed by atoms with Crippen LogP contribution in [0.15, 0.2) is 58.1 Å². The smallest absolute Gasteiger partial charge is 0.331 e. The molecule has 0 bridgehead atoms. The molecular weight excluding hydrogens is 470 g/mol. The predicted octanol–water partition coefficient (Wildman–Crippen LogP) is 4.36. The van der Waals surface area contributed by atoms with E-state index in [1.165, 1.54) is 11.6 Å². The molecule has 0 unspecified atom stereocenters. The number of aromatic nitrogens is 3. The molecule has 2 aromatic heterocycles. The van der Waals surface area contributed by atoms with E-state index in [4.69, 9.17) is 14.2 Å². The number of fused-ring (bicyclic) bond motifs is 3. The average Bonchev–Trinajstić information content (AvgIpc) is 3.28. The van der Waals surface area contributed by atoms with Crippen molar-refractivity contribution >= 4 is 10.9 Å². The zero-order valence-corrected chi connectivity index (χ0v) is 22.2. The van der Waals surface area contributed by atoms with Gasteiger partial charge in [0, 0.05) is 14.1 Å². The third-order valence-electron chi connectivity index (χ3n) is 7.06. The number of benzene rings is 2. The summed E-state index contributed by atoms with van der Waals surface area (Å²) >= 11 is 0. The highest BCUT2D eigenvalue weighted by Gasteiger charge is 2.40. The Balaban J connectivity index is 1.88. The summed E-state index contributed by atoms with van der Waals surface area (Å²) in [6.07, 6.45) is 0.357. The minimum atomic E-state index is -0.528. The van der Waals surface area contributed by atoms with Crippen LogP contribution in [0.25, 0.3) is 22.2 Å². The number of hydrogen-bond acceptors (Lipinski definition) is 5. The van der Waals surface area contributed by atoms with Gasteiger partial charge >= 0.3 is 5.69 Å². The van der Waals surface area contributed by atoms with Gasteiger partial charge in [-0.15, -0.1) is 0 Å². The van der Waals surface area contributed by atoms with Crippen LogP contribution in [0.1, 0.15) is 44.6 Å². The van der Waals surface area contributed by atoms with Crippen LogP contribution in [0.4, 0.5) is 0 Å². The third kappa shape index (κ3) is 3.87. The van der Waals surface area contributed by atoms with E-state index in [0.29, 0.717) is 35.6 Å². The number of methoxy groups -OCH3 is 1. The van der Waals surface area contributed by atoms with Gasteiger partial charge in [-0.05, 0) is 43.5 Å². The molecule has 2 aromatic carbocycles. The van der Waals surface area contributed by atoms with Crippen molar-refractivity contribution in [2.75, 3.05) is 20.3 Å². The van der Waals surface area contributed by atoms with Crippen molar-refractivity contribution < 1.29 is 14.2 Å². The van der Waals surface area contributed by atoms with Crippen molar-refractivity contribution in [1.29, 1.82) is 0 Å². The van der Waals surface area contributed by atoms with E-state index in [-0.39, 0.29) is 11.2 Å². The Labute approximate surface area is 215 Å². The first kappa shape index (κ1) is 24.9. The highest BCUT2D eigenvalue weighted by atomic mass is 16.5. The molecule has 8 nitrogen and oxygen atoms in total. The van der Waals surface area contributed by atoms with E-state index in [2.05, 4.69) is 25.3 Å². The molecule has 194 valence electrons. The Morgan fingerprint density at radius 3 is 2.43 bits per heavy atom. The molecular formula is C29H33N3O5. The minimum Gasteiger partial charge on any atom is -0.493 e. The lowest BCUT2D eigenvalue weighted by atomic mass is 9.97. The van der Waals surface area contributed by atoms with Crippen LogP contribution in [0.2, 0.25) is 0 Å². The Bertz CT molecular complexity index is 1590. The van der Waals surface area contributed by atoms with Gasteiger partial charge < -0.3 is 18.8 Å². The maximum atomic E-state index is 13.7. The Morgan fingerprint density at radius 2 is 1.76 bits per heavy atom. The molecule has 8 heteroatoms. The van der Waals surface area contributed by atoms with Crippen LogP contribution in [0, 0.1) is 0 Å². The van der Waals surface area contributed by atoms with E-state index in [1.807, 2.05) is 48.5 Å².